The number of hydrogen-bond acceptors (Lipinski definition) is 2. The van der Waals surface area contributed by atoms with Gasteiger partial charge in [-0.05, 0) is 24.3 Å². The van der Waals surface area contributed by atoms with Crippen molar-refractivity contribution < 1.29 is 9.59 Å². The number of anilines is 1. The van der Waals surface area contributed by atoms with Gasteiger partial charge in [0, 0.05) is 6.20 Å². The maximum absolute atomic E-state index is 11.8. The number of benzene rings is 1. The molecule has 0 fully saturated rings. The number of aromatic amines is 1. The summed E-state index contributed by atoms with van der Waals surface area (Å²) in [5.41, 5.74) is 6.32. The van der Waals surface area contributed by atoms with Crippen molar-refractivity contribution >= 4 is 17.5 Å². The van der Waals surface area contributed by atoms with Crippen LogP contribution in [0.4, 0.5) is 5.69 Å². The van der Waals surface area contributed by atoms with Crippen molar-refractivity contribution in [2.45, 2.75) is 0 Å². The molecule has 2 rings (SSSR count). The highest BCUT2D eigenvalue weighted by Gasteiger charge is 2.11. The zero-order valence-corrected chi connectivity index (χ0v) is 8.94. The Morgan fingerprint density at radius 3 is 2.53 bits per heavy atom. The van der Waals surface area contributed by atoms with E-state index in [1.54, 1.807) is 42.6 Å². The van der Waals surface area contributed by atoms with Crippen LogP contribution in [-0.2, 0) is 0 Å². The monoisotopic (exact) mass is 229 g/mol. The number of aromatic nitrogens is 1. The fourth-order valence-corrected chi connectivity index (χ4v) is 1.47. The molecule has 0 aliphatic heterocycles. The summed E-state index contributed by atoms with van der Waals surface area (Å²) < 4.78 is 0. The molecule has 17 heavy (non-hydrogen) atoms. The van der Waals surface area contributed by atoms with Gasteiger partial charge in [0.2, 0.25) is 0 Å². The molecule has 86 valence electrons. The molecule has 0 saturated carbocycles. The van der Waals surface area contributed by atoms with Gasteiger partial charge in [-0.25, -0.2) is 0 Å². The molecule has 0 unspecified atom stereocenters. The Morgan fingerprint density at radius 2 is 1.88 bits per heavy atom. The second kappa shape index (κ2) is 4.52. The van der Waals surface area contributed by atoms with Gasteiger partial charge in [-0.15, -0.1) is 0 Å². The Bertz CT molecular complexity index is 547. The predicted octanol–water partition coefficient (Wildman–Crippen LogP) is 1.37. The van der Waals surface area contributed by atoms with Crippen LogP contribution < -0.4 is 11.1 Å². The molecule has 0 aliphatic rings. The predicted molar refractivity (Wildman–Crippen MR) is 63.7 cm³/mol. The van der Waals surface area contributed by atoms with Crippen LogP contribution in [0.2, 0.25) is 0 Å². The summed E-state index contributed by atoms with van der Waals surface area (Å²) in [5.74, 6) is -0.893. The van der Waals surface area contributed by atoms with Crippen molar-refractivity contribution in [3.63, 3.8) is 0 Å². The van der Waals surface area contributed by atoms with Crippen LogP contribution in [0.3, 0.4) is 0 Å². The summed E-state index contributed by atoms with van der Waals surface area (Å²) in [4.78, 5) is 25.7. The number of para-hydroxylation sites is 1. The highest BCUT2D eigenvalue weighted by Crippen LogP contribution is 2.15. The van der Waals surface area contributed by atoms with Gasteiger partial charge in [0.15, 0.2) is 0 Å². The van der Waals surface area contributed by atoms with Crippen molar-refractivity contribution in [2.24, 2.45) is 5.73 Å². The van der Waals surface area contributed by atoms with Crippen LogP contribution >= 0.6 is 0 Å². The van der Waals surface area contributed by atoms with Gasteiger partial charge in [-0.3, -0.25) is 9.59 Å². The van der Waals surface area contributed by atoms with Gasteiger partial charge in [0.05, 0.1) is 11.3 Å². The van der Waals surface area contributed by atoms with E-state index < -0.39 is 5.91 Å². The minimum Gasteiger partial charge on any atom is -0.366 e. The molecule has 0 spiro atoms. The summed E-state index contributed by atoms with van der Waals surface area (Å²) in [6.45, 7) is 0. The average molecular weight is 229 g/mol. The third-order valence-corrected chi connectivity index (χ3v) is 2.28. The van der Waals surface area contributed by atoms with Crippen LogP contribution in [-0.4, -0.2) is 16.8 Å². The lowest BCUT2D eigenvalue weighted by Crippen LogP contribution is -2.18. The number of carbonyl (C=O) groups is 2. The molecule has 1 heterocycles. The zero-order valence-electron chi connectivity index (χ0n) is 8.94. The summed E-state index contributed by atoms with van der Waals surface area (Å²) >= 11 is 0. The Hall–Kier alpha value is -2.56. The van der Waals surface area contributed by atoms with Crippen molar-refractivity contribution in [3.8, 4) is 0 Å². The number of nitrogens with two attached hydrogens (primary N) is 1. The van der Waals surface area contributed by atoms with Gasteiger partial charge in [0.1, 0.15) is 5.69 Å². The van der Waals surface area contributed by atoms with Crippen LogP contribution in [0.5, 0.6) is 0 Å². The van der Waals surface area contributed by atoms with Gasteiger partial charge in [-0.2, -0.15) is 0 Å². The Kier molecular flexibility index (Phi) is 2.91. The highest BCUT2D eigenvalue weighted by atomic mass is 16.2. The first-order valence-corrected chi connectivity index (χ1v) is 5.02. The first-order valence-electron chi connectivity index (χ1n) is 5.02. The van der Waals surface area contributed by atoms with Gasteiger partial charge < -0.3 is 16.0 Å². The third-order valence-electron chi connectivity index (χ3n) is 2.28. The van der Waals surface area contributed by atoms with Gasteiger partial charge in [-0.1, -0.05) is 12.1 Å². The van der Waals surface area contributed by atoms with E-state index in [9.17, 15) is 9.59 Å². The summed E-state index contributed by atoms with van der Waals surface area (Å²) in [6.07, 6.45) is 1.65. The fraction of sp³-hybridized carbons (Fsp3) is 0. The number of rotatable bonds is 3. The number of hydrogen-bond donors (Lipinski definition) is 3. The number of carbonyl (C=O) groups excluding carboxylic acids is 2. The number of H-pyrrole nitrogens is 1. The largest absolute Gasteiger partial charge is 0.366 e. The average Bonchev–Trinajstić information content (AvgIpc) is 2.83. The first-order chi connectivity index (χ1) is 8.18. The standard InChI is InChI=1S/C12H11N3O2/c13-11(16)8-4-1-2-5-9(8)15-12(17)10-6-3-7-14-10/h1-7,14H,(H2,13,16)(H,15,17). The maximum atomic E-state index is 11.8. The van der Waals surface area contributed by atoms with E-state index in [0.717, 1.165) is 0 Å². The molecule has 1 aromatic heterocycles. The van der Waals surface area contributed by atoms with E-state index >= 15 is 0 Å². The van der Waals surface area contributed by atoms with E-state index in [0.29, 0.717) is 11.4 Å². The second-order valence-corrected chi connectivity index (χ2v) is 3.45. The van der Waals surface area contributed by atoms with Crippen molar-refractivity contribution in [2.75, 3.05) is 5.32 Å². The SMILES string of the molecule is NC(=O)c1ccccc1NC(=O)c1ccc[nH]1. The molecule has 0 saturated heterocycles. The molecule has 5 nitrogen and oxygen atoms in total. The summed E-state index contributed by atoms with van der Waals surface area (Å²) in [5, 5.41) is 2.62. The third kappa shape index (κ3) is 2.34. The Balaban J connectivity index is 2.25. The Labute approximate surface area is 97.6 Å². The van der Waals surface area contributed by atoms with Gasteiger partial charge >= 0.3 is 0 Å². The molecule has 0 radical (unpaired) electrons. The minimum absolute atomic E-state index is 0.285. The number of amides is 2. The number of nitrogens with one attached hydrogen (secondary N) is 2. The van der Waals surface area contributed by atoms with E-state index in [2.05, 4.69) is 10.3 Å². The summed E-state index contributed by atoms with van der Waals surface area (Å²) in [7, 11) is 0. The lowest BCUT2D eigenvalue weighted by atomic mass is 10.1. The molecule has 4 N–H and O–H groups in total. The zero-order chi connectivity index (χ0) is 12.3. The normalized spacial score (nSPS) is 9.88. The van der Waals surface area contributed by atoms with Crippen LogP contribution in [0.25, 0.3) is 0 Å². The molecule has 0 bridgehead atoms. The lowest BCUT2D eigenvalue weighted by Gasteiger charge is -2.07. The van der Waals surface area contributed by atoms with E-state index in [4.69, 9.17) is 5.73 Å². The molecule has 2 aromatic rings. The van der Waals surface area contributed by atoms with Crippen molar-refractivity contribution in [1.82, 2.24) is 4.98 Å². The van der Waals surface area contributed by atoms with Crippen molar-refractivity contribution in [1.29, 1.82) is 0 Å². The molecule has 5 heteroatoms. The molecule has 0 aliphatic carbocycles. The van der Waals surface area contributed by atoms with Crippen LogP contribution in [0.1, 0.15) is 20.8 Å². The van der Waals surface area contributed by atoms with E-state index in [1.165, 1.54) is 0 Å². The fourth-order valence-electron chi connectivity index (χ4n) is 1.47. The number of primary amides is 1. The topological polar surface area (TPSA) is 88.0 Å². The molecule has 1 aromatic carbocycles. The molecular formula is C12H11N3O2. The van der Waals surface area contributed by atoms with E-state index in [1.807, 2.05) is 0 Å². The maximum Gasteiger partial charge on any atom is 0.272 e. The summed E-state index contributed by atoms with van der Waals surface area (Å²) in [6, 6.07) is 9.95. The lowest BCUT2D eigenvalue weighted by molar-refractivity contribution is 0.100. The first kappa shape index (κ1) is 10.9. The molecule has 0 atom stereocenters. The van der Waals surface area contributed by atoms with Crippen LogP contribution in [0.15, 0.2) is 42.6 Å². The van der Waals surface area contributed by atoms with Gasteiger partial charge in [0.25, 0.3) is 11.8 Å². The van der Waals surface area contributed by atoms with Crippen molar-refractivity contribution in [3.05, 3.63) is 53.9 Å². The minimum atomic E-state index is -0.576. The molecular weight excluding hydrogens is 218 g/mol. The second-order valence-electron chi connectivity index (χ2n) is 3.45. The quantitative estimate of drug-likeness (QED) is 0.742. The molecule has 2 amide bonds. The Morgan fingerprint density at radius 1 is 1.12 bits per heavy atom. The van der Waals surface area contributed by atoms with Crippen LogP contribution in [0, 0.1) is 0 Å². The highest BCUT2D eigenvalue weighted by molar-refractivity contribution is 6.07. The smallest absolute Gasteiger partial charge is 0.272 e. The van der Waals surface area contributed by atoms with E-state index in [-0.39, 0.29) is 11.5 Å².